The first kappa shape index (κ1) is 21.2. The highest BCUT2D eigenvalue weighted by Crippen LogP contribution is 2.48. The van der Waals surface area contributed by atoms with E-state index in [4.69, 9.17) is 4.74 Å². The maximum absolute atomic E-state index is 11.6. The van der Waals surface area contributed by atoms with E-state index in [1.807, 2.05) is 20.8 Å². The van der Waals surface area contributed by atoms with E-state index in [1.54, 1.807) is 0 Å². The van der Waals surface area contributed by atoms with Gasteiger partial charge in [0.25, 0.3) is 0 Å². The Morgan fingerprint density at radius 3 is 2.25 bits per heavy atom. The Hall–Kier alpha value is -0.860. The number of carbonyl (C=O) groups excluding carboxylic acids is 2. The predicted molar refractivity (Wildman–Crippen MR) is 98.8 cm³/mol. The Morgan fingerprint density at radius 2 is 1.67 bits per heavy atom. The fraction of sp³-hybridized carbons (Fsp3) is 0.905. The van der Waals surface area contributed by atoms with Gasteiger partial charge in [0.1, 0.15) is 6.29 Å². The van der Waals surface area contributed by atoms with Crippen LogP contribution in [0.3, 0.4) is 0 Å². The molecule has 1 rings (SSSR count). The Balaban J connectivity index is 1.83. The van der Waals surface area contributed by atoms with Gasteiger partial charge < -0.3 is 9.53 Å². The van der Waals surface area contributed by atoms with Crippen molar-refractivity contribution in [2.24, 2.45) is 23.2 Å². The van der Waals surface area contributed by atoms with Gasteiger partial charge in [0.2, 0.25) is 0 Å². The van der Waals surface area contributed by atoms with Gasteiger partial charge in [0.15, 0.2) is 0 Å². The summed E-state index contributed by atoms with van der Waals surface area (Å²) in [5.41, 5.74) is -0.383. The summed E-state index contributed by atoms with van der Waals surface area (Å²) in [4.78, 5) is 22.1. The van der Waals surface area contributed by atoms with Crippen LogP contribution in [0.25, 0.3) is 0 Å². The Morgan fingerprint density at radius 1 is 1.08 bits per heavy atom. The fourth-order valence-corrected chi connectivity index (χ4v) is 3.40. The van der Waals surface area contributed by atoms with Crippen LogP contribution in [0.2, 0.25) is 0 Å². The molecule has 0 amide bonds. The Bertz CT molecular complexity index is 370. The van der Waals surface area contributed by atoms with Gasteiger partial charge in [-0.3, -0.25) is 4.79 Å². The van der Waals surface area contributed by atoms with E-state index in [0.29, 0.717) is 12.5 Å². The normalized spacial score (nSPS) is 21.3. The third-order valence-corrected chi connectivity index (χ3v) is 5.24. The van der Waals surface area contributed by atoms with Crippen molar-refractivity contribution in [3.8, 4) is 0 Å². The SMILES string of the molecule is C[C@@H](CC=O)[C@H]1C[C@@H]1CCCCCCCCCOC(=O)C(C)(C)C. The third-order valence-electron chi connectivity index (χ3n) is 5.24. The van der Waals surface area contributed by atoms with Crippen molar-refractivity contribution in [3.63, 3.8) is 0 Å². The molecule has 3 nitrogen and oxygen atoms in total. The number of hydrogen-bond donors (Lipinski definition) is 0. The average Bonchev–Trinajstić information content (AvgIpc) is 3.28. The topological polar surface area (TPSA) is 43.4 Å². The van der Waals surface area contributed by atoms with Crippen molar-refractivity contribution < 1.29 is 14.3 Å². The second-order valence-corrected chi connectivity index (χ2v) is 8.69. The molecule has 140 valence electrons. The van der Waals surface area contributed by atoms with Crippen LogP contribution in [-0.4, -0.2) is 18.9 Å². The average molecular weight is 339 g/mol. The van der Waals surface area contributed by atoms with Gasteiger partial charge in [-0.15, -0.1) is 0 Å². The molecule has 0 aromatic rings. The van der Waals surface area contributed by atoms with E-state index in [-0.39, 0.29) is 11.4 Å². The largest absolute Gasteiger partial charge is 0.465 e. The first-order chi connectivity index (χ1) is 11.4. The molecule has 0 radical (unpaired) electrons. The van der Waals surface area contributed by atoms with E-state index in [2.05, 4.69) is 6.92 Å². The number of carbonyl (C=O) groups is 2. The summed E-state index contributed by atoms with van der Waals surface area (Å²) in [6, 6.07) is 0. The van der Waals surface area contributed by atoms with Crippen LogP contribution in [0.4, 0.5) is 0 Å². The zero-order chi connectivity index (χ0) is 18.0. The molecule has 1 saturated carbocycles. The minimum Gasteiger partial charge on any atom is -0.465 e. The van der Waals surface area contributed by atoms with Crippen LogP contribution < -0.4 is 0 Å². The summed E-state index contributed by atoms with van der Waals surface area (Å²) in [5, 5.41) is 0. The smallest absolute Gasteiger partial charge is 0.311 e. The number of rotatable bonds is 13. The van der Waals surface area contributed by atoms with Gasteiger partial charge in [0.05, 0.1) is 12.0 Å². The molecule has 1 fully saturated rings. The highest BCUT2D eigenvalue weighted by molar-refractivity contribution is 5.75. The molecule has 0 aliphatic heterocycles. The highest BCUT2D eigenvalue weighted by atomic mass is 16.5. The number of unbranched alkanes of at least 4 members (excludes halogenated alkanes) is 6. The van der Waals surface area contributed by atoms with Gasteiger partial charge in [-0.2, -0.15) is 0 Å². The van der Waals surface area contributed by atoms with Crippen LogP contribution >= 0.6 is 0 Å². The van der Waals surface area contributed by atoms with Gasteiger partial charge in [0, 0.05) is 6.42 Å². The van der Waals surface area contributed by atoms with Gasteiger partial charge >= 0.3 is 5.97 Å². The molecule has 1 aliphatic carbocycles. The molecule has 24 heavy (non-hydrogen) atoms. The summed E-state index contributed by atoms with van der Waals surface area (Å²) in [7, 11) is 0. The molecule has 0 heterocycles. The Labute approximate surface area is 148 Å². The first-order valence-electron chi connectivity index (χ1n) is 9.97. The summed E-state index contributed by atoms with van der Waals surface area (Å²) in [6.07, 6.45) is 13.2. The maximum atomic E-state index is 11.6. The molecule has 1 aliphatic rings. The lowest BCUT2D eigenvalue weighted by molar-refractivity contribution is -0.153. The van der Waals surface area contributed by atoms with E-state index in [0.717, 1.165) is 37.4 Å². The Kier molecular flexibility index (Phi) is 9.61. The van der Waals surface area contributed by atoms with Gasteiger partial charge in [-0.1, -0.05) is 51.9 Å². The fourth-order valence-electron chi connectivity index (χ4n) is 3.40. The third kappa shape index (κ3) is 8.84. The zero-order valence-electron chi connectivity index (χ0n) is 16.3. The molecular formula is C21H38O3. The van der Waals surface area contributed by atoms with Crippen LogP contribution in [-0.2, 0) is 14.3 Å². The number of aldehydes is 1. The number of hydrogen-bond acceptors (Lipinski definition) is 3. The van der Waals surface area contributed by atoms with Crippen molar-refractivity contribution in [1.82, 2.24) is 0 Å². The summed E-state index contributed by atoms with van der Waals surface area (Å²) in [6.45, 7) is 8.46. The lowest BCUT2D eigenvalue weighted by Gasteiger charge is -2.16. The lowest BCUT2D eigenvalue weighted by Crippen LogP contribution is -2.23. The standard InChI is InChI=1S/C21H38O3/c1-17(13-14-22)19-16-18(19)12-10-8-6-5-7-9-11-15-24-20(23)21(2,3)4/h14,17-19H,5-13,15-16H2,1-4H3/t17-,18-,19+/m0/s1. The molecule has 0 saturated heterocycles. The molecular weight excluding hydrogens is 300 g/mol. The maximum Gasteiger partial charge on any atom is 0.311 e. The van der Waals surface area contributed by atoms with E-state index in [1.165, 1.54) is 44.9 Å². The second kappa shape index (κ2) is 10.9. The molecule has 0 N–H and O–H groups in total. The van der Waals surface area contributed by atoms with Crippen molar-refractivity contribution in [1.29, 1.82) is 0 Å². The second-order valence-electron chi connectivity index (χ2n) is 8.69. The predicted octanol–water partition coefficient (Wildman–Crippen LogP) is 5.56. The van der Waals surface area contributed by atoms with Gasteiger partial charge in [-0.05, 0) is 51.4 Å². The van der Waals surface area contributed by atoms with Gasteiger partial charge in [-0.25, -0.2) is 0 Å². The van der Waals surface area contributed by atoms with Crippen LogP contribution in [0.15, 0.2) is 0 Å². The molecule has 0 bridgehead atoms. The van der Waals surface area contributed by atoms with Crippen molar-refractivity contribution >= 4 is 12.3 Å². The molecule has 0 aromatic heterocycles. The van der Waals surface area contributed by atoms with Crippen LogP contribution in [0.5, 0.6) is 0 Å². The van der Waals surface area contributed by atoms with E-state index in [9.17, 15) is 9.59 Å². The molecule has 0 aromatic carbocycles. The van der Waals surface area contributed by atoms with Crippen molar-refractivity contribution in [2.45, 2.75) is 91.9 Å². The van der Waals surface area contributed by atoms with Crippen molar-refractivity contribution in [3.05, 3.63) is 0 Å². The lowest BCUT2D eigenvalue weighted by atomic mass is 9.97. The minimum atomic E-state index is -0.383. The van der Waals surface area contributed by atoms with E-state index < -0.39 is 0 Å². The van der Waals surface area contributed by atoms with E-state index >= 15 is 0 Å². The molecule has 3 atom stereocenters. The first-order valence-corrected chi connectivity index (χ1v) is 9.97. The zero-order valence-corrected chi connectivity index (χ0v) is 16.3. The minimum absolute atomic E-state index is 0.0941. The molecule has 0 unspecified atom stereocenters. The summed E-state index contributed by atoms with van der Waals surface area (Å²) in [5.74, 6) is 2.23. The van der Waals surface area contributed by atoms with Crippen LogP contribution in [0.1, 0.15) is 91.9 Å². The molecule has 0 spiro atoms. The number of ether oxygens (including phenoxy) is 1. The van der Waals surface area contributed by atoms with Crippen LogP contribution in [0, 0.1) is 23.2 Å². The van der Waals surface area contributed by atoms with Crippen molar-refractivity contribution in [2.75, 3.05) is 6.61 Å². The monoisotopic (exact) mass is 338 g/mol. The summed E-state index contributed by atoms with van der Waals surface area (Å²) >= 11 is 0. The molecule has 3 heteroatoms. The summed E-state index contributed by atoms with van der Waals surface area (Å²) < 4.78 is 5.27. The number of esters is 1. The quantitative estimate of drug-likeness (QED) is 0.251. The highest BCUT2D eigenvalue weighted by Gasteiger charge is 2.39.